The maximum atomic E-state index is 12.7. The van der Waals surface area contributed by atoms with Crippen LogP contribution >= 0.6 is 0 Å². The average molecular weight is 370 g/mol. The molecule has 0 radical (unpaired) electrons. The fraction of sp³-hybridized carbons (Fsp3) is 0.500. The summed E-state index contributed by atoms with van der Waals surface area (Å²) in [6.45, 7) is 5.68. The van der Waals surface area contributed by atoms with Gasteiger partial charge in [-0.05, 0) is 43.4 Å². The van der Waals surface area contributed by atoms with E-state index in [2.05, 4.69) is 42.2 Å². The van der Waals surface area contributed by atoms with Gasteiger partial charge in [0, 0.05) is 32.0 Å². The van der Waals surface area contributed by atoms with Gasteiger partial charge in [-0.15, -0.1) is 0 Å². The van der Waals surface area contributed by atoms with E-state index < -0.39 is 0 Å². The van der Waals surface area contributed by atoms with Gasteiger partial charge in [-0.3, -0.25) is 4.68 Å². The number of rotatable bonds is 8. The fourth-order valence-corrected chi connectivity index (χ4v) is 3.59. The van der Waals surface area contributed by atoms with Crippen LogP contribution < -0.4 is 5.01 Å². The van der Waals surface area contributed by atoms with Crippen LogP contribution in [-0.4, -0.2) is 48.0 Å². The molecule has 146 valence electrons. The zero-order valence-electron chi connectivity index (χ0n) is 16.3. The molecule has 0 spiro atoms. The molecule has 1 aromatic heterocycles. The van der Waals surface area contributed by atoms with Crippen molar-refractivity contribution in [3.63, 3.8) is 0 Å². The standard InChI is InChI=1S/C22H31N3O2/c1-2-3-19-27-22(26)25(24-14-7-8-15-24)21-12-17-23(18-13-21)16-11-20-9-5-4-6-10-20/h4-10,14-15,21H,2-3,11-13,16-19H2,1H3. The minimum atomic E-state index is -0.234. The van der Waals surface area contributed by atoms with Crippen molar-refractivity contribution >= 4 is 6.09 Å². The first-order chi connectivity index (χ1) is 13.3. The number of likely N-dealkylation sites (tertiary alicyclic amines) is 1. The van der Waals surface area contributed by atoms with Gasteiger partial charge >= 0.3 is 6.09 Å². The minimum Gasteiger partial charge on any atom is -0.448 e. The van der Waals surface area contributed by atoms with Gasteiger partial charge in [0.05, 0.1) is 12.6 Å². The van der Waals surface area contributed by atoms with E-state index in [-0.39, 0.29) is 12.1 Å². The molecule has 0 atom stereocenters. The molecule has 1 aliphatic heterocycles. The lowest BCUT2D eigenvalue weighted by molar-refractivity contribution is 0.132. The average Bonchev–Trinajstić information content (AvgIpc) is 3.23. The van der Waals surface area contributed by atoms with Crippen molar-refractivity contribution in [2.24, 2.45) is 0 Å². The van der Waals surface area contributed by atoms with Crippen molar-refractivity contribution in [2.75, 3.05) is 31.3 Å². The van der Waals surface area contributed by atoms with Gasteiger partial charge in [-0.1, -0.05) is 43.7 Å². The molecule has 1 fully saturated rings. The third-order valence-corrected chi connectivity index (χ3v) is 5.21. The van der Waals surface area contributed by atoms with Gasteiger partial charge in [-0.2, -0.15) is 0 Å². The number of hydrogen-bond acceptors (Lipinski definition) is 3. The van der Waals surface area contributed by atoms with E-state index in [1.54, 1.807) is 5.01 Å². The first kappa shape index (κ1) is 19.5. The smallest absolute Gasteiger partial charge is 0.429 e. The number of amides is 1. The second-order valence-corrected chi connectivity index (χ2v) is 7.18. The Bertz CT molecular complexity index is 664. The number of benzene rings is 1. The molecule has 0 unspecified atom stereocenters. The van der Waals surface area contributed by atoms with E-state index in [0.717, 1.165) is 51.7 Å². The molecule has 5 heteroatoms. The quantitative estimate of drug-likeness (QED) is 0.658. The molecule has 1 aromatic carbocycles. The van der Waals surface area contributed by atoms with Crippen LogP contribution in [0.3, 0.4) is 0 Å². The van der Waals surface area contributed by atoms with Crippen LogP contribution in [0.4, 0.5) is 4.79 Å². The maximum Gasteiger partial charge on any atom is 0.429 e. The number of carbonyl (C=O) groups excluding carboxylic acids is 1. The predicted molar refractivity (Wildman–Crippen MR) is 109 cm³/mol. The number of nitrogens with zero attached hydrogens (tertiary/aromatic N) is 3. The predicted octanol–water partition coefficient (Wildman–Crippen LogP) is 4.07. The van der Waals surface area contributed by atoms with E-state index >= 15 is 0 Å². The van der Waals surface area contributed by atoms with Gasteiger partial charge in [0.25, 0.3) is 0 Å². The third kappa shape index (κ3) is 5.60. The van der Waals surface area contributed by atoms with Crippen molar-refractivity contribution in [3.05, 3.63) is 60.4 Å². The highest BCUT2D eigenvalue weighted by Crippen LogP contribution is 2.18. The van der Waals surface area contributed by atoms with E-state index in [0.29, 0.717) is 6.61 Å². The highest BCUT2D eigenvalue weighted by Gasteiger charge is 2.30. The highest BCUT2D eigenvalue weighted by atomic mass is 16.6. The first-order valence-corrected chi connectivity index (χ1v) is 10.1. The summed E-state index contributed by atoms with van der Waals surface area (Å²) < 4.78 is 7.38. The van der Waals surface area contributed by atoms with Crippen LogP contribution in [0.15, 0.2) is 54.9 Å². The molecule has 0 bridgehead atoms. The molecular formula is C22H31N3O2. The summed E-state index contributed by atoms with van der Waals surface area (Å²) in [5, 5.41) is 1.80. The normalized spacial score (nSPS) is 15.6. The molecule has 5 nitrogen and oxygen atoms in total. The lowest BCUT2D eigenvalue weighted by atomic mass is 10.0. The van der Waals surface area contributed by atoms with Gasteiger partial charge in [0.2, 0.25) is 0 Å². The van der Waals surface area contributed by atoms with E-state index in [9.17, 15) is 4.79 Å². The van der Waals surface area contributed by atoms with Crippen LogP contribution in [-0.2, 0) is 11.2 Å². The second kappa shape index (κ2) is 10.2. The Morgan fingerprint density at radius 2 is 1.81 bits per heavy atom. The van der Waals surface area contributed by atoms with Crippen molar-refractivity contribution < 1.29 is 9.53 Å². The molecule has 0 aliphatic carbocycles. The fourth-order valence-electron chi connectivity index (χ4n) is 3.59. The molecular weight excluding hydrogens is 338 g/mol. The molecule has 1 amide bonds. The molecule has 1 saturated heterocycles. The van der Waals surface area contributed by atoms with Crippen molar-refractivity contribution in [1.82, 2.24) is 9.58 Å². The van der Waals surface area contributed by atoms with Gasteiger partial charge < -0.3 is 9.64 Å². The van der Waals surface area contributed by atoms with Crippen LogP contribution in [0.25, 0.3) is 0 Å². The Balaban J connectivity index is 1.53. The van der Waals surface area contributed by atoms with Gasteiger partial charge in [0.1, 0.15) is 0 Å². The molecule has 2 heterocycles. The van der Waals surface area contributed by atoms with Crippen LogP contribution in [0.1, 0.15) is 38.2 Å². The SMILES string of the molecule is CCCCOC(=O)N(C1CCN(CCc2ccccc2)CC1)n1cccc1. The Kier molecular flexibility index (Phi) is 7.34. The van der Waals surface area contributed by atoms with Crippen molar-refractivity contribution in [1.29, 1.82) is 0 Å². The largest absolute Gasteiger partial charge is 0.448 e. The number of unbranched alkanes of at least 4 members (excludes halogenated alkanes) is 1. The summed E-state index contributed by atoms with van der Waals surface area (Å²) in [5.74, 6) is 0. The molecule has 0 N–H and O–H groups in total. The zero-order valence-corrected chi connectivity index (χ0v) is 16.3. The number of aromatic nitrogens is 1. The van der Waals surface area contributed by atoms with E-state index in [1.807, 2.05) is 29.2 Å². The zero-order chi connectivity index (χ0) is 18.9. The summed E-state index contributed by atoms with van der Waals surface area (Å²) >= 11 is 0. The Labute approximate surface area is 162 Å². The monoisotopic (exact) mass is 369 g/mol. The number of hydrogen-bond donors (Lipinski definition) is 0. The summed E-state index contributed by atoms with van der Waals surface area (Å²) in [7, 11) is 0. The Morgan fingerprint density at radius 1 is 1.11 bits per heavy atom. The number of ether oxygens (including phenoxy) is 1. The molecule has 27 heavy (non-hydrogen) atoms. The summed E-state index contributed by atoms with van der Waals surface area (Å²) in [4.78, 5) is 15.2. The van der Waals surface area contributed by atoms with Gasteiger partial charge in [0.15, 0.2) is 0 Å². The molecule has 0 saturated carbocycles. The molecule has 2 aromatic rings. The lowest BCUT2D eigenvalue weighted by Crippen LogP contribution is -2.52. The van der Waals surface area contributed by atoms with Crippen molar-refractivity contribution in [3.8, 4) is 0 Å². The Hall–Kier alpha value is -2.27. The first-order valence-electron chi connectivity index (χ1n) is 10.1. The summed E-state index contributed by atoms with van der Waals surface area (Å²) in [6, 6.07) is 14.7. The summed E-state index contributed by atoms with van der Waals surface area (Å²) in [5.41, 5.74) is 1.38. The van der Waals surface area contributed by atoms with Crippen LogP contribution in [0.5, 0.6) is 0 Å². The number of carbonyl (C=O) groups is 1. The molecule has 3 rings (SSSR count). The second-order valence-electron chi connectivity index (χ2n) is 7.18. The third-order valence-electron chi connectivity index (χ3n) is 5.21. The topological polar surface area (TPSA) is 37.7 Å². The maximum absolute atomic E-state index is 12.7. The molecule has 1 aliphatic rings. The van der Waals surface area contributed by atoms with E-state index in [1.165, 1.54) is 5.56 Å². The Morgan fingerprint density at radius 3 is 2.48 bits per heavy atom. The van der Waals surface area contributed by atoms with Gasteiger partial charge in [-0.25, -0.2) is 9.80 Å². The van der Waals surface area contributed by atoms with Crippen LogP contribution in [0, 0.1) is 0 Å². The van der Waals surface area contributed by atoms with Crippen LogP contribution in [0.2, 0.25) is 0 Å². The minimum absolute atomic E-state index is 0.180. The summed E-state index contributed by atoms with van der Waals surface area (Å²) in [6.07, 6.45) is 8.55. The highest BCUT2D eigenvalue weighted by molar-refractivity contribution is 5.79. The lowest BCUT2D eigenvalue weighted by Gasteiger charge is -2.38. The van der Waals surface area contributed by atoms with Crippen molar-refractivity contribution in [2.45, 2.75) is 45.1 Å². The van der Waals surface area contributed by atoms with E-state index in [4.69, 9.17) is 4.74 Å². The number of piperidine rings is 1.